The normalized spacial score (nSPS) is 23.8. The fourth-order valence-corrected chi connectivity index (χ4v) is 4.69. The predicted molar refractivity (Wildman–Crippen MR) is 82.4 cm³/mol. The maximum Gasteiger partial charge on any atom is 0.246 e. The molecular formula is C14H26N4O2S. The largest absolute Gasteiger partial charge is 0.311 e. The van der Waals surface area contributed by atoms with Crippen LogP contribution in [0.3, 0.4) is 0 Å². The molecule has 2 rings (SSSR count). The highest BCUT2D eigenvalue weighted by molar-refractivity contribution is 7.89. The summed E-state index contributed by atoms with van der Waals surface area (Å²) in [6.07, 6.45) is 1.01. The van der Waals surface area contributed by atoms with Crippen molar-refractivity contribution < 1.29 is 8.42 Å². The molecule has 0 radical (unpaired) electrons. The standard InChI is InChI=1S/C14H26N4O2S/c1-5-6-15-7-13-14(12(4)16-17-13)21(19,20)18-8-10(2)11(3)9-18/h10-11,15H,5-9H2,1-4H3,(H,16,17). The quantitative estimate of drug-likeness (QED) is 0.780. The van der Waals surface area contributed by atoms with E-state index in [1.54, 1.807) is 11.2 Å². The Kier molecular flexibility index (Phi) is 5.06. The van der Waals surface area contributed by atoms with Gasteiger partial charge in [-0.05, 0) is 31.7 Å². The van der Waals surface area contributed by atoms with Crippen molar-refractivity contribution in [1.29, 1.82) is 0 Å². The number of aryl methyl sites for hydroxylation is 1. The first-order valence-electron chi connectivity index (χ1n) is 7.62. The van der Waals surface area contributed by atoms with Crippen LogP contribution in [-0.2, 0) is 16.6 Å². The monoisotopic (exact) mass is 314 g/mol. The van der Waals surface area contributed by atoms with Gasteiger partial charge >= 0.3 is 0 Å². The minimum Gasteiger partial charge on any atom is -0.311 e. The van der Waals surface area contributed by atoms with E-state index in [0.717, 1.165) is 13.0 Å². The Labute approximate surface area is 127 Å². The average Bonchev–Trinajstić information content (AvgIpc) is 2.95. The number of nitrogens with one attached hydrogen (secondary N) is 2. The molecule has 0 spiro atoms. The summed E-state index contributed by atoms with van der Waals surface area (Å²) < 4.78 is 27.4. The van der Waals surface area contributed by atoms with Gasteiger partial charge in [-0.25, -0.2) is 8.42 Å². The third kappa shape index (κ3) is 3.30. The van der Waals surface area contributed by atoms with Crippen LogP contribution in [-0.4, -0.2) is 42.6 Å². The number of nitrogens with zero attached hydrogens (tertiary/aromatic N) is 2. The summed E-state index contributed by atoms with van der Waals surface area (Å²) in [5.41, 5.74) is 1.21. The van der Waals surface area contributed by atoms with Gasteiger partial charge in [-0.1, -0.05) is 20.8 Å². The van der Waals surface area contributed by atoms with E-state index in [1.807, 2.05) is 0 Å². The van der Waals surface area contributed by atoms with Crippen molar-refractivity contribution in [2.45, 2.75) is 45.6 Å². The molecule has 1 aliphatic rings. The molecule has 2 unspecified atom stereocenters. The highest BCUT2D eigenvalue weighted by atomic mass is 32.2. The molecule has 1 aromatic heterocycles. The van der Waals surface area contributed by atoms with Crippen LogP contribution < -0.4 is 5.32 Å². The molecular weight excluding hydrogens is 288 g/mol. The van der Waals surface area contributed by atoms with E-state index in [9.17, 15) is 8.42 Å². The maximum atomic E-state index is 12.9. The minimum atomic E-state index is -3.46. The van der Waals surface area contributed by atoms with Crippen LogP contribution in [0, 0.1) is 18.8 Å². The molecule has 1 aromatic rings. The van der Waals surface area contributed by atoms with E-state index in [-0.39, 0.29) is 0 Å². The SMILES string of the molecule is CCCNCc1n[nH]c(C)c1S(=O)(=O)N1CC(C)C(C)C1. The molecule has 0 bridgehead atoms. The lowest BCUT2D eigenvalue weighted by atomic mass is 10.0. The third-order valence-electron chi connectivity index (χ3n) is 4.23. The molecule has 6 nitrogen and oxygen atoms in total. The third-order valence-corrected chi connectivity index (χ3v) is 6.27. The summed E-state index contributed by atoms with van der Waals surface area (Å²) >= 11 is 0. The number of sulfonamides is 1. The summed E-state index contributed by atoms with van der Waals surface area (Å²) in [4.78, 5) is 0.354. The Hall–Kier alpha value is -0.920. The molecule has 7 heteroatoms. The lowest BCUT2D eigenvalue weighted by Crippen LogP contribution is -2.30. The molecule has 2 N–H and O–H groups in total. The zero-order chi connectivity index (χ0) is 15.6. The van der Waals surface area contributed by atoms with Crippen LogP contribution in [0.1, 0.15) is 38.6 Å². The zero-order valence-corrected chi connectivity index (χ0v) is 14.1. The number of hydrogen-bond acceptors (Lipinski definition) is 4. The summed E-state index contributed by atoms with van der Waals surface area (Å²) in [6, 6.07) is 0. The van der Waals surface area contributed by atoms with E-state index in [4.69, 9.17) is 0 Å². The van der Waals surface area contributed by atoms with E-state index < -0.39 is 10.0 Å². The highest BCUT2D eigenvalue weighted by Crippen LogP contribution is 2.30. The van der Waals surface area contributed by atoms with Gasteiger partial charge in [-0.2, -0.15) is 9.40 Å². The molecule has 2 heterocycles. The summed E-state index contributed by atoms with van der Waals surface area (Å²) in [7, 11) is -3.46. The van der Waals surface area contributed by atoms with Crippen molar-refractivity contribution in [1.82, 2.24) is 19.8 Å². The smallest absolute Gasteiger partial charge is 0.246 e. The first kappa shape index (κ1) is 16.5. The summed E-state index contributed by atoms with van der Waals surface area (Å²) in [5.74, 6) is 0.794. The van der Waals surface area contributed by atoms with Crippen LogP contribution in [0.4, 0.5) is 0 Å². The fraction of sp³-hybridized carbons (Fsp3) is 0.786. The second kappa shape index (κ2) is 6.46. The molecule has 120 valence electrons. The molecule has 1 fully saturated rings. The number of H-pyrrole nitrogens is 1. The molecule has 0 amide bonds. The van der Waals surface area contributed by atoms with Gasteiger partial charge in [-0.15, -0.1) is 0 Å². The van der Waals surface area contributed by atoms with Gasteiger partial charge in [0, 0.05) is 19.6 Å². The van der Waals surface area contributed by atoms with Crippen molar-refractivity contribution >= 4 is 10.0 Å². The summed E-state index contributed by atoms with van der Waals surface area (Å²) in [6.45, 7) is 10.6. The fourth-order valence-electron chi connectivity index (χ4n) is 2.72. The Morgan fingerprint density at radius 2 is 1.95 bits per heavy atom. The molecule has 0 saturated carbocycles. The van der Waals surface area contributed by atoms with Crippen molar-refractivity contribution in [3.05, 3.63) is 11.4 Å². The topological polar surface area (TPSA) is 78.1 Å². The van der Waals surface area contributed by atoms with Gasteiger partial charge in [0.2, 0.25) is 10.0 Å². The molecule has 1 saturated heterocycles. The van der Waals surface area contributed by atoms with Gasteiger partial charge in [0.25, 0.3) is 0 Å². The van der Waals surface area contributed by atoms with E-state index in [1.165, 1.54) is 0 Å². The van der Waals surface area contributed by atoms with Gasteiger partial charge in [0.1, 0.15) is 4.90 Å². The highest BCUT2D eigenvalue weighted by Gasteiger charge is 2.37. The number of rotatable bonds is 6. The molecule has 21 heavy (non-hydrogen) atoms. The molecule has 2 atom stereocenters. The van der Waals surface area contributed by atoms with E-state index >= 15 is 0 Å². The molecule has 0 aliphatic carbocycles. The summed E-state index contributed by atoms with van der Waals surface area (Å²) in [5, 5.41) is 10.2. The van der Waals surface area contributed by atoms with Crippen LogP contribution in [0.5, 0.6) is 0 Å². The van der Waals surface area contributed by atoms with Crippen LogP contribution in [0.15, 0.2) is 4.90 Å². The average molecular weight is 314 g/mol. The predicted octanol–water partition coefficient (Wildman–Crippen LogP) is 1.49. The van der Waals surface area contributed by atoms with Gasteiger partial charge in [-0.3, -0.25) is 5.10 Å². The van der Waals surface area contributed by atoms with Crippen molar-refractivity contribution in [2.24, 2.45) is 11.8 Å². The Balaban J connectivity index is 2.26. The number of aromatic amines is 1. The van der Waals surface area contributed by atoms with Crippen molar-refractivity contribution in [2.75, 3.05) is 19.6 Å². The second-order valence-corrected chi connectivity index (χ2v) is 7.95. The van der Waals surface area contributed by atoms with E-state index in [2.05, 4.69) is 36.3 Å². The van der Waals surface area contributed by atoms with Crippen molar-refractivity contribution in [3.8, 4) is 0 Å². The van der Waals surface area contributed by atoms with Crippen LogP contribution in [0.25, 0.3) is 0 Å². The van der Waals surface area contributed by atoms with Crippen LogP contribution >= 0.6 is 0 Å². The van der Waals surface area contributed by atoms with Gasteiger partial charge in [0.15, 0.2) is 0 Å². The minimum absolute atomic E-state index is 0.354. The van der Waals surface area contributed by atoms with Gasteiger partial charge in [0.05, 0.1) is 11.4 Å². The van der Waals surface area contributed by atoms with E-state index in [0.29, 0.717) is 47.8 Å². The molecule has 1 aliphatic heterocycles. The lowest BCUT2D eigenvalue weighted by Gasteiger charge is -2.17. The zero-order valence-electron chi connectivity index (χ0n) is 13.3. The molecule has 0 aromatic carbocycles. The van der Waals surface area contributed by atoms with Crippen LogP contribution in [0.2, 0.25) is 0 Å². The number of aromatic nitrogens is 2. The second-order valence-electron chi connectivity index (χ2n) is 6.08. The van der Waals surface area contributed by atoms with Gasteiger partial charge < -0.3 is 5.32 Å². The Morgan fingerprint density at radius 3 is 2.52 bits per heavy atom. The van der Waals surface area contributed by atoms with Crippen molar-refractivity contribution in [3.63, 3.8) is 0 Å². The first-order chi connectivity index (χ1) is 9.87. The Morgan fingerprint density at radius 1 is 1.33 bits per heavy atom. The Bertz CT molecular complexity index is 572. The lowest BCUT2D eigenvalue weighted by molar-refractivity contribution is 0.461. The number of hydrogen-bond donors (Lipinski definition) is 2. The first-order valence-corrected chi connectivity index (χ1v) is 9.06. The maximum absolute atomic E-state index is 12.9.